The molecule has 0 radical (unpaired) electrons. The maximum atomic E-state index is 11.8. The Bertz CT molecular complexity index is 443. The van der Waals surface area contributed by atoms with Crippen molar-refractivity contribution in [2.45, 2.75) is 0 Å². The minimum atomic E-state index is -0.580. The zero-order valence-electron chi connectivity index (χ0n) is 9.51. The maximum absolute atomic E-state index is 11.8. The van der Waals surface area contributed by atoms with Gasteiger partial charge in [0.2, 0.25) is 0 Å². The Labute approximate surface area is 98.0 Å². The van der Waals surface area contributed by atoms with Gasteiger partial charge >= 0.3 is 5.97 Å². The lowest BCUT2D eigenvalue weighted by molar-refractivity contribution is -0.141. The van der Waals surface area contributed by atoms with Gasteiger partial charge in [-0.3, -0.25) is 9.59 Å². The molecule has 6 heteroatoms. The molecule has 0 heterocycles. The van der Waals surface area contributed by atoms with E-state index < -0.39 is 17.6 Å². The molecule has 0 aliphatic rings. The van der Waals surface area contributed by atoms with Crippen molar-refractivity contribution in [2.75, 3.05) is 20.7 Å². The van der Waals surface area contributed by atoms with Crippen LogP contribution in [0.15, 0.2) is 18.2 Å². The predicted octanol–water partition coefficient (Wildman–Crippen LogP) is 0.343. The maximum Gasteiger partial charge on any atom is 0.325 e. The highest BCUT2D eigenvalue weighted by Crippen LogP contribution is 2.28. The molecule has 1 aromatic rings. The van der Waals surface area contributed by atoms with E-state index in [-0.39, 0.29) is 17.9 Å². The minimum Gasteiger partial charge on any atom is -0.504 e. The van der Waals surface area contributed by atoms with Crippen LogP contribution in [0.2, 0.25) is 0 Å². The third-order valence-electron chi connectivity index (χ3n) is 2.19. The van der Waals surface area contributed by atoms with Crippen molar-refractivity contribution in [3.05, 3.63) is 23.8 Å². The number of hydrogen-bond acceptors (Lipinski definition) is 5. The molecule has 0 atom stereocenters. The fraction of sp³-hybridized carbons (Fsp3) is 0.273. The molecule has 17 heavy (non-hydrogen) atoms. The molecule has 2 N–H and O–H groups in total. The van der Waals surface area contributed by atoms with Crippen LogP contribution in [-0.4, -0.2) is 47.7 Å². The lowest BCUT2D eigenvalue weighted by Gasteiger charge is -2.16. The Kier molecular flexibility index (Phi) is 3.92. The van der Waals surface area contributed by atoms with Crippen molar-refractivity contribution >= 4 is 11.9 Å². The Morgan fingerprint density at radius 2 is 2.00 bits per heavy atom. The average Bonchev–Trinajstić information content (AvgIpc) is 2.31. The van der Waals surface area contributed by atoms with Gasteiger partial charge in [-0.25, -0.2) is 0 Å². The minimum absolute atomic E-state index is 0.0728. The summed E-state index contributed by atoms with van der Waals surface area (Å²) in [7, 11) is 2.61. The number of esters is 1. The third kappa shape index (κ3) is 2.87. The number of aromatic hydroxyl groups is 2. The molecule has 0 aromatic heterocycles. The summed E-state index contributed by atoms with van der Waals surface area (Å²) in [6, 6.07) is 4.03. The predicted molar refractivity (Wildman–Crippen MR) is 58.7 cm³/mol. The van der Waals surface area contributed by atoms with Gasteiger partial charge in [-0.1, -0.05) is 6.07 Å². The van der Waals surface area contributed by atoms with E-state index in [1.54, 1.807) is 0 Å². The summed E-state index contributed by atoms with van der Waals surface area (Å²) in [6.07, 6.45) is 0. The number of nitrogens with zero attached hydrogens (tertiary/aromatic N) is 1. The van der Waals surface area contributed by atoms with Crippen LogP contribution in [0.1, 0.15) is 10.4 Å². The summed E-state index contributed by atoms with van der Waals surface area (Å²) in [4.78, 5) is 23.9. The van der Waals surface area contributed by atoms with Crippen molar-refractivity contribution in [1.82, 2.24) is 4.90 Å². The fourth-order valence-electron chi connectivity index (χ4n) is 1.24. The molecule has 0 aliphatic heterocycles. The number of rotatable bonds is 3. The molecule has 0 saturated carbocycles. The molecule has 0 bridgehead atoms. The van der Waals surface area contributed by atoms with Gasteiger partial charge in [0, 0.05) is 7.05 Å². The van der Waals surface area contributed by atoms with Crippen molar-refractivity contribution in [3.63, 3.8) is 0 Å². The molecule has 0 fully saturated rings. The van der Waals surface area contributed by atoms with E-state index in [2.05, 4.69) is 4.74 Å². The van der Waals surface area contributed by atoms with Crippen LogP contribution in [0.4, 0.5) is 0 Å². The Morgan fingerprint density at radius 1 is 1.35 bits per heavy atom. The summed E-state index contributed by atoms with van der Waals surface area (Å²) < 4.78 is 4.42. The largest absolute Gasteiger partial charge is 0.504 e. The Hall–Kier alpha value is -2.24. The number of amides is 1. The van der Waals surface area contributed by atoms with E-state index in [0.29, 0.717) is 0 Å². The molecular formula is C11H13NO5. The lowest BCUT2D eigenvalue weighted by atomic mass is 10.1. The second kappa shape index (κ2) is 5.20. The van der Waals surface area contributed by atoms with Gasteiger partial charge in [-0.05, 0) is 12.1 Å². The molecule has 0 saturated heterocycles. The molecule has 0 spiro atoms. The molecule has 0 unspecified atom stereocenters. The number of carbonyl (C=O) groups is 2. The Balaban J connectivity index is 2.89. The van der Waals surface area contributed by atoms with Crippen LogP contribution >= 0.6 is 0 Å². The highest BCUT2D eigenvalue weighted by molar-refractivity contribution is 5.98. The molecular weight excluding hydrogens is 226 g/mol. The highest BCUT2D eigenvalue weighted by Gasteiger charge is 2.19. The summed E-state index contributed by atoms with van der Waals surface area (Å²) in [5.74, 6) is -2.04. The van der Waals surface area contributed by atoms with Gasteiger partial charge < -0.3 is 19.8 Å². The second-order valence-corrected chi connectivity index (χ2v) is 3.41. The normalized spacial score (nSPS) is 9.76. The summed E-state index contributed by atoms with van der Waals surface area (Å²) in [6.45, 7) is -0.232. The monoisotopic (exact) mass is 239 g/mol. The molecule has 1 aromatic carbocycles. The first-order valence-electron chi connectivity index (χ1n) is 4.80. The van der Waals surface area contributed by atoms with E-state index in [1.165, 1.54) is 32.4 Å². The van der Waals surface area contributed by atoms with Gasteiger partial charge in [0.1, 0.15) is 6.54 Å². The SMILES string of the molecule is COC(=O)CN(C)C(=O)c1cccc(O)c1O. The van der Waals surface area contributed by atoms with Crippen LogP contribution in [0.5, 0.6) is 11.5 Å². The number of hydrogen-bond donors (Lipinski definition) is 2. The lowest BCUT2D eigenvalue weighted by Crippen LogP contribution is -2.32. The van der Waals surface area contributed by atoms with Crippen LogP contribution in [-0.2, 0) is 9.53 Å². The first kappa shape index (κ1) is 12.8. The van der Waals surface area contributed by atoms with Crippen LogP contribution in [0.3, 0.4) is 0 Å². The fourth-order valence-corrected chi connectivity index (χ4v) is 1.24. The smallest absolute Gasteiger partial charge is 0.325 e. The second-order valence-electron chi connectivity index (χ2n) is 3.41. The zero-order valence-corrected chi connectivity index (χ0v) is 9.51. The van der Waals surface area contributed by atoms with Gasteiger partial charge in [0.15, 0.2) is 11.5 Å². The van der Waals surface area contributed by atoms with E-state index in [9.17, 15) is 19.8 Å². The summed E-state index contributed by atoms with van der Waals surface area (Å²) in [5, 5.41) is 18.7. The molecule has 6 nitrogen and oxygen atoms in total. The van der Waals surface area contributed by atoms with E-state index in [4.69, 9.17) is 0 Å². The van der Waals surface area contributed by atoms with Crippen molar-refractivity contribution in [1.29, 1.82) is 0 Å². The average molecular weight is 239 g/mol. The third-order valence-corrected chi connectivity index (χ3v) is 2.19. The van der Waals surface area contributed by atoms with Crippen LogP contribution in [0, 0.1) is 0 Å². The molecule has 92 valence electrons. The number of phenols is 2. The zero-order chi connectivity index (χ0) is 13.0. The highest BCUT2D eigenvalue weighted by atomic mass is 16.5. The van der Waals surface area contributed by atoms with Crippen molar-refractivity contribution < 1.29 is 24.5 Å². The molecule has 1 rings (SSSR count). The number of carbonyl (C=O) groups excluding carboxylic acids is 2. The van der Waals surface area contributed by atoms with Gasteiger partial charge in [-0.15, -0.1) is 0 Å². The first-order chi connectivity index (χ1) is 7.97. The first-order valence-corrected chi connectivity index (χ1v) is 4.80. The van der Waals surface area contributed by atoms with Gasteiger partial charge in [0.05, 0.1) is 12.7 Å². The standard InChI is InChI=1S/C11H13NO5/c1-12(6-9(14)17-2)11(16)7-4-3-5-8(13)10(7)15/h3-5,13,15H,6H2,1-2H3. The van der Waals surface area contributed by atoms with Gasteiger partial charge in [-0.2, -0.15) is 0 Å². The molecule has 0 aliphatic carbocycles. The van der Waals surface area contributed by atoms with E-state index >= 15 is 0 Å². The quantitative estimate of drug-likeness (QED) is 0.586. The topological polar surface area (TPSA) is 87.1 Å². The number of methoxy groups -OCH3 is 1. The number of phenolic OH excluding ortho intramolecular Hbond substituents is 2. The summed E-state index contributed by atoms with van der Waals surface area (Å²) >= 11 is 0. The number of benzene rings is 1. The number of para-hydroxylation sites is 1. The van der Waals surface area contributed by atoms with E-state index in [1.807, 2.05) is 0 Å². The molecule has 1 amide bonds. The summed E-state index contributed by atoms with van der Waals surface area (Å²) in [5.41, 5.74) is -0.0728. The Morgan fingerprint density at radius 3 is 2.59 bits per heavy atom. The number of ether oxygens (including phenoxy) is 1. The number of likely N-dealkylation sites (N-methyl/N-ethyl adjacent to an activating group) is 1. The van der Waals surface area contributed by atoms with Crippen LogP contribution < -0.4 is 0 Å². The van der Waals surface area contributed by atoms with Crippen molar-refractivity contribution in [3.8, 4) is 11.5 Å². The van der Waals surface area contributed by atoms with Crippen LogP contribution in [0.25, 0.3) is 0 Å². The van der Waals surface area contributed by atoms with E-state index in [0.717, 1.165) is 4.90 Å². The van der Waals surface area contributed by atoms with Gasteiger partial charge in [0.25, 0.3) is 5.91 Å². The van der Waals surface area contributed by atoms with Crippen molar-refractivity contribution in [2.24, 2.45) is 0 Å².